The number of piperidine rings is 1. The van der Waals surface area contributed by atoms with E-state index in [4.69, 9.17) is 9.84 Å². The maximum atomic E-state index is 13.2. The second kappa shape index (κ2) is 7.73. The van der Waals surface area contributed by atoms with Crippen LogP contribution in [0.3, 0.4) is 0 Å². The van der Waals surface area contributed by atoms with Crippen molar-refractivity contribution in [2.75, 3.05) is 13.1 Å². The van der Waals surface area contributed by atoms with Gasteiger partial charge in [0.05, 0.1) is 17.8 Å². The molecule has 1 aromatic carbocycles. The van der Waals surface area contributed by atoms with Crippen molar-refractivity contribution in [1.82, 2.24) is 14.7 Å². The molecule has 1 aliphatic heterocycles. The van der Waals surface area contributed by atoms with E-state index in [1.54, 1.807) is 16.5 Å². The summed E-state index contributed by atoms with van der Waals surface area (Å²) in [6, 6.07) is 3.14. The summed E-state index contributed by atoms with van der Waals surface area (Å²) < 4.78 is 33.3. The number of carbonyl (C=O) groups is 2. The summed E-state index contributed by atoms with van der Waals surface area (Å²) in [4.78, 5) is 25.1. The summed E-state index contributed by atoms with van der Waals surface area (Å²) in [5.41, 5.74) is 0.127. The predicted molar refractivity (Wildman–Crippen MR) is 90.5 cm³/mol. The molecule has 1 atom stereocenters. The lowest BCUT2D eigenvalue weighted by molar-refractivity contribution is -0.139. The highest BCUT2D eigenvalue weighted by Gasteiger charge is 2.28. The number of aromatic carboxylic acids is 1. The highest BCUT2D eigenvalue weighted by Crippen LogP contribution is 2.24. The lowest BCUT2D eigenvalue weighted by Gasteiger charge is -2.33. The molecule has 1 aliphatic rings. The molecule has 1 saturated heterocycles. The van der Waals surface area contributed by atoms with Gasteiger partial charge in [-0.2, -0.15) is 5.10 Å². The number of aromatic nitrogens is 2. The normalized spacial score (nSPS) is 16.2. The molecule has 7 nitrogen and oxygen atoms in total. The molecule has 1 fully saturated rings. The Morgan fingerprint density at radius 2 is 1.96 bits per heavy atom. The molecule has 1 N–H and O–H groups in total. The average Bonchev–Trinajstić information content (AvgIpc) is 3.15. The molecule has 1 aromatic heterocycles. The summed E-state index contributed by atoms with van der Waals surface area (Å²) in [6.07, 6.45) is 3.21. The zero-order valence-corrected chi connectivity index (χ0v) is 14.6. The standard InChI is InChI=1S/C18H19F2N3O4/c1-11(27-14-2-3-15(19)16(20)8-14)17(24)22-6-4-13(5-7-22)23-10-12(9-21-23)18(25)26/h2-3,8-11,13H,4-7H2,1H3,(H,25,26). The van der Waals surface area contributed by atoms with E-state index < -0.39 is 23.7 Å². The van der Waals surface area contributed by atoms with Gasteiger partial charge >= 0.3 is 5.97 Å². The molecule has 1 unspecified atom stereocenters. The summed E-state index contributed by atoms with van der Waals surface area (Å²) in [7, 11) is 0. The molecule has 3 rings (SSSR count). The van der Waals surface area contributed by atoms with Crippen LogP contribution in [0, 0.1) is 11.6 Å². The monoisotopic (exact) mass is 379 g/mol. The van der Waals surface area contributed by atoms with Crippen LogP contribution in [0.4, 0.5) is 8.78 Å². The third-order valence-electron chi connectivity index (χ3n) is 4.55. The van der Waals surface area contributed by atoms with Crippen molar-refractivity contribution in [3.8, 4) is 5.75 Å². The van der Waals surface area contributed by atoms with E-state index >= 15 is 0 Å². The number of nitrogens with zero attached hydrogens (tertiary/aromatic N) is 3. The van der Waals surface area contributed by atoms with Gasteiger partial charge in [-0.25, -0.2) is 13.6 Å². The first-order valence-electron chi connectivity index (χ1n) is 8.53. The zero-order valence-electron chi connectivity index (χ0n) is 14.6. The quantitative estimate of drug-likeness (QED) is 0.863. The topological polar surface area (TPSA) is 84.7 Å². The van der Waals surface area contributed by atoms with Crippen molar-refractivity contribution < 1.29 is 28.2 Å². The van der Waals surface area contributed by atoms with Gasteiger partial charge in [0.1, 0.15) is 5.75 Å². The summed E-state index contributed by atoms with van der Waals surface area (Å²) in [5, 5.41) is 13.0. The molecule has 0 saturated carbocycles. The number of likely N-dealkylation sites (tertiary alicyclic amines) is 1. The van der Waals surface area contributed by atoms with E-state index in [0.29, 0.717) is 25.9 Å². The number of halogens is 2. The Kier molecular flexibility index (Phi) is 5.38. The highest BCUT2D eigenvalue weighted by molar-refractivity contribution is 5.86. The van der Waals surface area contributed by atoms with Crippen LogP contribution in [0.15, 0.2) is 30.6 Å². The molecular weight excluding hydrogens is 360 g/mol. The number of hydrogen-bond acceptors (Lipinski definition) is 4. The lowest BCUT2D eigenvalue weighted by Crippen LogP contribution is -2.45. The molecule has 2 aromatic rings. The van der Waals surface area contributed by atoms with Crippen molar-refractivity contribution in [2.45, 2.75) is 31.9 Å². The van der Waals surface area contributed by atoms with Gasteiger partial charge in [0, 0.05) is 25.4 Å². The molecule has 0 aliphatic carbocycles. The fourth-order valence-electron chi connectivity index (χ4n) is 3.06. The van der Waals surface area contributed by atoms with E-state index in [2.05, 4.69) is 5.10 Å². The minimum absolute atomic E-state index is 0.0181. The smallest absolute Gasteiger partial charge is 0.338 e. The van der Waals surface area contributed by atoms with Gasteiger partial charge in [0.15, 0.2) is 17.7 Å². The fourth-order valence-corrected chi connectivity index (χ4v) is 3.06. The van der Waals surface area contributed by atoms with E-state index in [9.17, 15) is 18.4 Å². The average molecular weight is 379 g/mol. The minimum atomic E-state index is -1.03. The first-order chi connectivity index (χ1) is 12.8. The van der Waals surface area contributed by atoms with Gasteiger partial charge in [-0.15, -0.1) is 0 Å². The Morgan fingerprint density at radius 1 is 1.26 bits per heavy atom. The summed E-state index contributed by atoms with van der Waals surface area (Å²) in [5.74, 6) is -3.20. The van der Waals surface area contributed by atoms with Gasteiger partial charge in [0.25, 0.3) is 5.91 Å². The largest absolute Gasteiger partial charge is 0.481 e. The van der Waals surface area contributed by atoms with Crippen molar-refractivity contribution in [3.63, 3.8) is 0 Å². The molecule has 1 amide bonds. The molecule has 27 heavy (non-hydrogen) atoms. The molecule has 0 spiro atoms. The van der Waals surface area contributed by atoms with Crippen LogP contribution < -0.4 is 4.74 Å². The molecule has 0 bridgehead atoms. The first kappa shape index (κ1) is 18.8. The number of benzene rings is 1. The highest BCUT2D eigenvalue weighted by atomic mass is 19.2. The third-order valence-corrected chi connectivity index (χ3v) is 4.55. The van der Waals surface area contributed by atoms with Crippen LogP contribution in [-0.2, 0) is 4.79 Å². The molecule has 9 heteroatoms. The van der Waals surface area contributed by atoms with Crippen molar-refractivity contribution >= 4 is 11.9 Å². The first-order valence-corrected chi connectivity index (χ1v) is 8.53. The van der Waals surface area contributed by atoms with E-state index in [1.807, 2.05) is 0 Å². The van der Waals surface area contributed by atoms with Crippen LogP contribution in [0.1, 0.15) is 36.2 Å². The number of amides is 1. The van der Waals surface area contributed by atoms with Gasteiger partial charge in [0.2, 0.25) is 0 Å². The van der Waals surface area contributed by atoms with Gasteiger partial charge < -0.3 is 14.7 Å². The maximum Gasteiger partial charge on any atom is 0.338 e. The SMILES string of the molecule is CC(Oc1ccc(F)c(F)c1)C(=O)N1CCC(n2cc(C(=O)O)cn2)CC1. The van der Waals surface area contributed by atoms with E-state index in [-0.39, 0.29) is 23.3 Å². The molecule has 0 radical (unpaired) electrons. The molecule has 2 heterocycles. The fraction of sp³-hybridized carbons (Fsp3) is 0.389. The number of ether oxygens (including phenoxy) is 1. The van der Waals surface area contributed by atoms with Gasteiger partial charge in [-0.3, -0.25) is 9.48 Å². The second-order valence-corrected chi connectivity index (χ2v) is 6.41. The summed E-state index contributed by atoms with van der Waals surface area (Å²) >= 11 is 0. The number of hydrogen-bond donors (Lipinski definition) is 1. The third kappa shape index (κ3) is 4.24. The minimum Gasteiger partial charge on any atom is -0.481 e. The Morgan fingerprint density at radius 3 is 2.56 bits per heavy atom. The zero-order chi connectivity index (χ0) is 19.6. The van der Waals surface area contributed by atoms with Gasteiger partial charge in [-0.05, 0) is 31.9 Å². The Balaban J connectivity index is 1.55. The molecule has 144 valence electrons. The second-order valence-electron chi connectivity index (χ2n) is 6.41. The number of rotatable bonds is 5. The Bertz CT molecular complexity index is 847. The predicted octanol–water partition coefficient (Wildman–Crippen LogP) is 2.49. The molecular formula is C18H19F2N3O4. The van der Waals surface area contributed by atoms with Crippen LogP contribution in [0.2, 0.25) is 0 Å². The maximum absolute atomic E-state index is 13.2. The number of carbonyl (C=O) groups excluding carboxylic acids is 1. The summed E-state index contributed by atoms with van der Waals surface area (Å²) in [6.45, 7) is 2.50. The van der Waals surface area contributed by atoms with Crippen molar-refractivity contribution in [1.29, 1.82) is 0 Å². The van der Waals surface area contributed by atoms with Crippen LogP contribution >= 0.6 is 0 Å². The number of carboxylic acid groups (broad SMARTS) is 1. The van der Waals surface area contributed by atoms with Gasteiger partial charge in [-0.1, -0.05) is 0 Å². The van der Waals surface area contributed by atoms with Crippen LogP contribution in [0.5, 0.6) is 5.75 Å². The Hall–Kier alpha value is -2.97. The lowest BCUT2D eigenvalue weighted by atomic mass is 10.0. The Labute approximate surface area is 154 Å². The van der Waals surface area contributed by atoms with Crippen molar-refractivity contribution in [3.05, 3.63) is 47.8 Å². The van der Waals surface area contributed by atoms with Crippen molar-refractivity contribution in [2.24, 2.45) is 0 Å². The van der Waals surface area contributed by atoms with Crippen LogP contribution in [-0.4, -0.2) is 50.9 Å². The van der Waals surface area contributed by atoms with E-state index in [1.165, 1.54) is 18.5 Å². The van der Waals surface area contributed by atoms with Crippen LogP contribution in [0.25, 0.3) is 0 Å². The van der Waals surface area contributed by atoms with E-state index in [0.717, 1.165) is 12.1 Å². The number of carboxylic acids is 1.